The molecule has 0 radical (unpaired) electrons. The van der Waals surface area contributed by atoms with Crippen molar-refractivity contribution in [1.82, 2.24) is 14.9 Å². The highest BCUT2D eigenvalue weighted by molar-refractivity contribution is 7.90. The van der Waals surface area contributed by atoms with Crippen LogP contribution in [0, 0.1) is 11.6 Å². The smallest absolute Gasteiger partial charge is 0.245 e. The summed E-state index contributed by atoms with van der Waals surface area (Å²) < 4.78 is 52.3. The van der Waals surface area contributed by atoms with Crippen LogP contribution in [-0.2, 0) is 21.1 Å². The fourth-order valence-corrected chi connectivity index (χ4v) is 5.47. The predicted molar refractivity (Wildman–Crippen MR) is 129 cm³/mol. The van der Waals surface area contributed by atoms with E-state index in [4.69, 9.17) is 0 Å². The molecule has 35 heavy (non-hydrogen) atoms. The number of rotatable bonds is 6. The highest BCUT2D eigenvalue weighted by atomic mass is 32.2. The standard InChI is InChI=1S/C24H31F2N5O3S/c1-3-16-14-27-24(28-15-16)30-10-7-17(8-11-30)31-9-5-4-6-20(23(31)32)29-21-12-19(26)22(13-18(21)25)35(2,33)34/h12-15,17,20,29H,3-11H2,1-2H3/t20-/m0/s1. The molecule has 1 aromatic carbocycles. The second kappa shape index (κ2) is 10.4. The Kier molecular flexibility index (Phi) is 7.53. The van der Waals surface area contributed by atoms with Gasteiger partial charge in [-0.2, -0.15) is 0 Å². The summed E-state index contributed by atoms with van der Waals surface area (Å²) in [5.74, 6) is -1.40. The molecule has 190 valence electrons. The molecular formula is C24H31F2N5O3S. The van der Waals surface area contributed by atoms with Crippen molar-refractivity contribution >= 4 is 27.4 Å². The Morgan fingerprint density at radius 3 is 2.34 bits per heavy atom. The third-order valence-electron chi connectivity index (χ3n) is 6.76. The largest absolute Gasteiger partial charge is 0.371 e. The Morgan fingerprint density at radius 2 is 1.71 bits per heavy atom. The first-order valence-electron chi connectivity index (χ1n) is 12.0. The Labute approximate surface area is 204 Å². The lowest BCUT2D eigenvalue weighted by atomic mass is 10.0. The molecule has 1 atom stereocenters. The molecule has 11 heteroatoms. The van der Waals surface area contributed by atoms with Gasteiger partial charge in [0.25, 0.3) is 0 Å². The zero-order valence-corrected chi connectivity index (χ0v) is 20.8. The second-order valence-corrected chi connectivity index (χ2v) is 11.2. The van der Waals surface area contributed by atoms with Crippen LogP contribution in [0.5, 0.6) is 0 Å². The number of anilines is 2. The van der Waals surface area contributed by atoms with Crippen molar-refractivity contribution in [3.63, 3.8) is 0 Å². The number of carbonyl (C=O) groups is 1. The van der Waals surface area contributed by atoms with Gasteiger partial charge in [0.05, 0.1) is 5.69 Å². The van der Waals surface area contributed by atoms with Crippen LogP contribution in [0.2, 0.25) is 0 Å². The molecule has 1 N–H and O–H groups in total. The van der Waals surface area contributed by atoms with E-state index < -0.39 is 32.4 Å². The summed E-state index contributed by atoms with van der Waals surface area (Å²) in [7, 11) is -3.90. The summed E-state index contributed by atoms with van der Waals surface area (Å²) in [6.45, 7) is 4.13. The number of carbonyl (C=O) groups excluding carboxylic acids is 1. The molecule has 1 amide bonds. The molecule has 2 aromatic rings. The minimum absolute atomic E-state index is 0.0465. The van der Waals surface area contributed by atoms with Crippen molar-refractivity contribution < 1.29 is 22.0 Å². The summed E-state index contributed by atoms with van der Waals surface area (Å²) in [6.07, 6.45) is 9.00. The Hall–Kier alpha value is -2.82. The maximum atomic E-state index is 14.6. The maximum absolute atomic E-state index is 14.6. The van der Waals surface area contributed by atoms with Crippen LogP contribution in [0.4, 0.5) is 20.4 Å². The lowest BCUT2D eigenvalue weighted by Gasteiger charge is -2.39. The number of nitrogens with one attached hydrogen (secondary N) is 1. The molecule has 8 nitrogen and oxygen atoms in total. The molecule has 0 saturated carbocycles. The van der Waals surface area contributed by atoms with Gasteiger partial charge >= 0.3 is 0 Å². The average Bonchev–Trinajstić information content (AvgIpc) is 3.02. The number of benzene rings is 1. The van der Waals surface area contributed by atoms with Crippen LogP contribution in [0.25, 0.3) is 0 Å². The molecule has 2 aliphatic rings. The number of sulfone groups is 1. The number of hydrogen-bond donors (Lipinski definition) is 1. The monoisotopic (exact) mass is 507 g/mol. The van der Waals surface area contributed by atoms with Crippen LogP contribution >= 0.6 is 0 Å². The molecule has 3 heterocycles. The van der Waals surface area contributed by atoms with Gasteiger partial charge in [-0.15, -0.1) is 0 Å². The first kappa shape index (κ1) is 25.3. The number of halogens is 2. The Bertz CT molecular complexity index is 1170. The van der Waals surface area contributed by atoms with E-state index in [-0.39, 0.29) is 17.6 Å². The number of likely N-dealkylation sites (tertiary alicyclic amines) is 1. The van der Waals surface area contributed by atoms with Gasteiger partial charge < -0.3 is 15.1 Å². The van der Waals surface area contributed by atoms with Gasteiger partial charge in [-0.05, 0) is 50.2 Å². The second-order valence-electron chi connectivity index (χ2n) is 9.22. The summed E-state index contributed by atoms with van der Waals surface area (Å²) in [5.41, 5.74) is 0.872. The predicted octanol–water partition coefficient (Wildman–Crippen LogP) is 3.18. The molecule has 2 aliphatic heterocycles. The first-order chi connectivity index (χ1) is 16.7. The number of aromatic nitrogens is 2. The fourth-order valence-electron chi connectivity index (χ4n) is 4.74. The summed E-state index contributed by atoms with van der Waals surface area (Å²) in [4.78, 5) is 25.6. The molecule has 2 saturated heterocycles. The van der Waals surface area contributed by atoms with E-state index in [2.05, 4.69) is 27.1 Å². The van der Waals surface area contributed by atoms with E-state index in [0.29, 0.717) is 25.0 Å². The number of aryl methyl sites for hydroxylation is 1. The van der Waals surface area contributed by atoms with Crippen LogP contribution < -0.4 is 10.2 Å². The lowest BCUT2D eigenvalue weighted by molar-refractivity contribution is -0.134. The topological polar surface area (TPSA) is 95.5 Å². The third kappa shape index (κ3) is 5.71. The van der Waals surface area contributed by atoms with Crippen molar-refractivity contribution in [3.8, 4) is 0 Å². The average molecular weight is 508 g/mol. The van der Waals surface area contributed by atoms with Crippen LogP contribution in [0.15, 0.2) is 29.4 Å². The first-order valence-corrected chi connectivity index (χ1v) is 13.9. The molecule has 4 rings (SSSR count). The van der Waals surface area contributed by atoms with Crippen molar-refractivity contribution in [2.24, 2.45) is 0 Å². The van der Waals surface area contributed by atoms with E-state index in [1.54, 1.807) is 0 Å². The van der Waals surface area contributed by atoms with Crippen molar-refractivity contribution in [3.05, 3.63) is 41.7 Å². The van der Waals surface area contributed by atoms with Gasteiger partial charge in [0.15, 0.2) is 9.84 Å². The van der Waals surface area contributed by atoms with Crippen molar-refractivity contribution in [2.45, 2.75) is 62.4 Å². The summed E-state index contributed by atoms with van der Waals surface area (Å²) in [5, 5.41) is 2.84. The summed E-state index contributed by atoms with van der Waals surface area (Å²) >= 11 is 0. The molecule has 1 aromatic heterocycles. The van der Waals surface area contributed by atoms with E-state index in [0.717, 1.165) is 63.1 Å². The van der Waals surface area contributed by atoms with E-state index in [1.807, 2.05) is 17.3 Å². The molecule has 0 spiro atoms. The molecule has 0 unspecified atom stereocenters. The van der Waals surface area contributed by atoms with Gasteiger partial charge in [-0.25, -0.2) is 27.2 Å². The minimum atomic E-state index is -3.90. The Balaban J connectivity index is 1.43. The molecular weight excluding hydrogens is 476 g/mol. The van der Waals surface area contributed by atoms with E-state index in [1.165, 1.54) is 0 Å². The highest BCUT2D eigenvalue weighted by Crippen LogP contribution is 2.28. The number of amides is 1. The van der Waals surface area contributed by atoms with E-state index in [9.17, 15) is 22.0 Å². The van der Waals surface area contributed by atoms with Gasteiger partial charge in [0.2, 0.25) is 11.9 Å². The van der Waals surface area contributed by atoms with Gasteiger partial charge in [0, 0.05) is 50.4 Å². The van der Waals surface area contributed by atoms with Crippen LogP contribution in [0.1, 0.15) is 44.6 Å². The van der Waals surface area contributed by atoms with E-state index >= 15 is 0 Å². The van der Waals surface area contributed by atoms with Crippen LogP contribution in [-0.4, -0.2) is 67.2 Å². The van der Waals surface area contributed by atoms with Gasteiger partial charge in [-0.3, -0.25) is 4.79 Å². The number of hydrogen-bond acceptors (Lipinski definition) is 7. The van der Waals surface area contributed by atoms with Gasteiger partial charge in [-0.1, -0.05) is 6.92 Å². The van der Waals surface area contributed by atoms with Crippen LogP contribution in [0.3, 0.4) is 0 Å². The zero-order chi connectivity index (χ0) is 25.2. The van der Waals surface area contributed by atoms with Crippen molar-refractivity contribution in [2.75, 3.05) is 36.1 Å². The highest BCUT2D eigenvalue weighted by Gasteiger charge is 2.34. The molecule has 0 bridgehead atoms. The quantitative estimate of drug-likeness (QED) is 0.642. The number of piperidine rings is 1. The van der Waals surface area contributed by atoms with Crippen molar-refractivity contribution in [1.29, 1.82) is 0 Å². The maximum Gasteiger partial charge on any atom is 0.245 e. The third-order valence-corrected chi connectivity index (χ3v) is 7.87. The lowest BCUT2D eigenvalue weighted by Crippen LogP contribution is -2.51. The summed E-state index contributed by atoms with van der Waals surface area (Å²) in [6, 6.07) is 0.816. The van der Waals surface area contributed by atoms with Gasteiger partial charge in [0.1, 0.15) is 22.6 Å². The number of nitrogens with zero attached hydrogens (tertiary/aromatic N) is 4. The zero-order valence-electron chi connectivity index (χ0n) is 20.0. The molecule has 2 fully saturated rings. The minimum Gasteiger partial charge on any atom is -0.371 e. The fraction of sp³-hybridized carbons (Fsp3) is 0.542. The Morgan fingerprint density at radius 1 is 1.03 bits per heavy atom. The normalized spacial score (nSPS) is 20.1. The molecule has 0 aliphatic carbocycles. The SMILES string of the molecule is CCc1cnc(N2CCC(N3CCCC[C@H](Nc4cc(F)c(S(C)(=O)=O)cc4F)C3=O)CC2)nc1.